The third-order valence-corrected chi connectivity index (χ3v) is 2.53. The molecule has 3 nitrogen and oxygen atoms in total. The summed E-state index contributed by atoms with van der Waals surface area (Å²) >= 11 is 0. The molecule has 0 amide bonds. The predicted molar refractivity (Wildman–Crippen MR) is 66.6 cm³/mol. The Morgan fingerprint density at radius 2 is 1.94 bits per heavy atom. The van der Waals surface area contributed by atoms with Gasteiger partial charge in [-0.25, -0.2) is 0 Å². The van der Waals surface area contributed by atoms with Gasteiger partial charge in [-0.1, -0.05) is 25.5 Å². The third kappa shape index (κ3) is 4.64. The van der Waals surface area contributed by atoms with E-state index in [1.54, 1.807) is 0 Å². The van der Waals surface area contributed by atoms with E-state index in [1.165, 1.54) is 18.4 Å². The first-order valence-corrected chi connectivity index (χ1v) is 5.88. The molecule has 90 valence electrons. The van der Waals surface area contributed by atoms with Crippen LogP contribution in [-0.2, 0) is 6.42 Å². The fourth-order valence-electron chi connectivity index (χ4n) is 1.47. The highest BCUT2D eigenvalue weighted by atomic mass is 16.3. The first-order valence-electron chi connectivity index (χ1n) is 5.88. The largest absolute Gasteiger partial charge is 0.394 e. The van der Waals surface area contributed by atoms with E-state index in [-0.39, 0.29) is 6.61 Å². The quantitative estimate of drug-likeness (QED) is 0.660. The molecule has 1 atom stereocenters. The summed E-state index contributed by atoms with van der Waals surface area (Å²) in [7, 11) is 0. The molecule has 1 aromatic rings. The number of unbranched alkanes of at least 4 members (excludes halogenated alkanes) is 1. The highest BCUT2D eigenvalue weighted by molar-refractivity contribution is 5.44. The number of anilines is 1. The molecule has 1 aromatic carbocycles. The molecule has 0 aliphatic rings. The topological polar surface area (TPSA) is 52.5 Å². The van der Waals surface area contributed by atoms with Gasteiger partial charge in [-0.05, 0) is 30.5 Å². The van der Waals surface area contributed by atoms with Crippen LogP contribution < -0.4 is 5.32 Å². The van der Waals surface area contributed by atoms with E-state index in [0.29, 0.717) is 6.54 Å². The van der Waals surface area contributed by atoms with Crippen LogP contribution in [0.2, 0.25) is 0 Å². The Morgan fingerprint density at radius 3 is 2.50 bits per heavy atom. The molecular weight excluding hydrogens is 202 g/mol. The minimum Gasteiger partial charge on any atom is -0.394 e. The van der Waals surface area contributed by atoms with Gasteiger partial charge in [0.2, 0.25) is 0 Å². The maximum Gasteiger partial charge on any atom is 0.0942 e. The lowest BCUT2D eigenvalue weighted by molar-refractivity contribution is 0.105. The molecule has 1 rings (SSSR count). The summed E-state index contributed by atoms with van der Waals surface area (Å²) < 4.78 is 0. The van der Waals surface area contributed by atoms with E-state index in [1.807, 2.05) is 12.1 Å². The Balaban J connectivity index is 2.38. The molecule has 0 aliphatic carbocycles. The molecule has 0 aromatic heterocycles. The number of rotatable bonds is 7. The first kappa shape index (κ1) is 13.0. The maximum atomic E-state index is 9.18. The molecule has 0 saturated heterocycles. The van der Waals surface area contributed by atoms with Crippen molar-refractivity contribution in [1.82, 2.24) is 0 Å². The number of hydrogen-bond acceptors (Lipinski definition) is 3. The Bertz CT molecular complexity index is 284. The minimum absolute atomic E-state index is 0.207. The Morgan fingerprint density at radius 1 is 1.25 bits per heavy atom. The van der Waals surface area contributed by atoms with E-state index in [0.717, 1.165) is 12.1 Å². The minimum atomic E-state index is -0.695. The van der Waals surface area contributed by atoms with Gasteiger partial charge in [0.05, 0.1) is 12.7 Å². The van der Waals surface area contributed by atoms with Crippen molar-refractivity contribution in [1.29, 1.82) is 0 Å². The summed E-state index contributed by atoms with van der Waals surface area (Å²) in [6.07, 6.45) is 2.86. The molecule has 3 heteroatoms. The molecule has 0 saturated carbocycles. The van der Waals surface area contributed by atoms with E-state index in [2.05, 4.69) is 24.4 Å². The van der Waals surface area contributed by atoms with Crippen molar-refractivity contribution in [3.63, 3.8) is 0 Å². The first-order chi connectivity index (χ1) is 7.76. The van der Waals surface area contributed by atoms with Crippen molar-refractivity contribution < 1.29 is 10.2 Å². The fourth-order valence-corrected chi connectivity index (χ4v) is 1.47. The van der Waals surface area contributed by atoms with E-state index >= 15 is 0 Å². The average Bonchev–Trinajstić information content (AvgIpc) is 2.34. The van der Waals surface area contributed by atoms with Gasteiger partial charge in [-0.15, -0.1) is 0 Å². The molecule has 0 radical (unpaired) electrons. The average molecular weight is 223 g/mol. The number of nitrogens with one attached hydrogen (secondary N) is 1. The second kappa shape index (κ2) is 7.25. The van der Waals surface area contributed by atoms with Crippen molar-refractivity contribution >= 4 is 5.69 Å². The summed E-state index contributed by atoms with van der Waals surface area (Å²) in [5, 5.41) is 20.9. The van der Waals surface area contributed by atoms with Crippen LogP contribution in [0.15, 0.2) is 24.3 Å². The zero-order chi connectivity index (χ0) is 11.8. The number of hydrogen-bond donors (Lipinski definition) is 3. The predicted octanol–water partition coefficient (Wildman–Crippen LogP) is 1.79. The SMILES string of the molecule is CCCCc1ccc(NCC(O)CO)cc1. The summed E-state index contributed by atoms with van der Waals surface area (Å²) in [5.74, 6) is 0. The fraction of sp³-hybridized carbons (Fsp3) is 0.538. The van der Waals surface area contributed by atoms with Crippen LogP contribution >= 0.6 is 0 Å². The van der Waals surface area contributed by atoms with Crippen molar-refractivity contribution in [2.75, 3.05) is 18.5 Å². The lowest BCUT2D eigenvalue weighted by atomic mass is 10.1. The number of aliphatic hydroxyl groups excluding tert-OH is 2. The summed E-state index contributed by atoms with van der Waals surface area (Å²) in [4.78, 5) is 0. The van der Waals surface area contributed by atoms with Crippen LogP contribution in [0.1, 0.15) is 25.3 Å². The van der Waals surface area contributed by atoms with E-state index in [9.17, 15) is 5.11 Å². The second-order valence-corrected chi connectivity index (χ2v) is 4.02. The molecule has 1 unspecified atom stereocenters. The molecule has 0 bridgehead atoms. The Kier molecular flexibility index (Phi) is 5.90. The van der Waals surface area contributed by atoms with Gasteiger partial charge in [0.25, 0.3) is 0 Å². The van der Waals surface area contributed by atoms with E-state index < -0.39 is 6.10 Å². The van der Waals surface area contributed by atoms with Crippen molar-refractivity contribution in [3.05, 3.63) is 29.8 Å². The van der Waals surface area contributed by atoms with Crippen LogP contribution in [0.4, 0.5) is 5.69 Å². The zero-order valence-corrected chi connectivity index (χ0v) is 9.82. The van der Waals surface area contributed by atoms with Crippen molar-refractivity contribution in [2.45, 2.75) is 32.3 Å². The highest BCUT2D eigenvalue weighted by Crippen LogP contribution is 2.11. The van der Waals surface area contributed by atoms with Gasteiger partial charge in [0.15, 0.2) is 0 Å². The van der Waals surface area contributed by atoms with Gasteiger partial charge in [-0.2, -0.15) is 0 Å². The summed E-state index contributed by atoms with van der Waals surface area (Å²) in [5.41, 5.74) is 2.32. The van der Waals surface area contributed by atoms with Crippen LogP contribution in [0.5, 0.6) is 0 Å². The van der Waals surface area contributed by atoms with Crippen LogP contribution in [0, 0.1) is 0 Å². The summed E-state index contributed by atoms with van der Waals surface area (Å²) in [6.45, 7) is 2.36. The summed E-state index contributed by atoms with van der Waals surface area (Å²) in [6, 6.07) is 8.22. The smallest absolute Gasteiger partial charge is 0.0942 e. The highest BCUT2D eigenvalue weighted by Gasteiger charge is 2.00. The van der Waals surface area contributed by atoms with Gasteiger partial charge < -0.3 is 15.5 Å². The van der Waals surface area contributed by atoms with Crippen molar-refractivity contribution in [2.24, 2.45) is 0 Å². The normalized spacial score (nSPS) is 12.4. The molecule has 0 aliphatic heterocycles. The number of aliphatic hydroxyl groups is 2. The lowest BCUT2D eigenvalue weighted by Gasteiger charge is -2.10. The maximum absolute atomic E-state index is 9.18. The number of aryl methyl sites for hydroxylation is 1. The molecule has 0 spiro atoms. The standard InChI is InChI=1S/C13H21NO2/c1-2-3-4-11-5-7-12(8-6-11)14-9-13(16)10-15/h5-8,13-16H,2-4,9-10H2,1H3. The van der Waals surface area contributed by atoms with Crippen LogP contribution in [-0.4, -0.2) is 29.5 Å². The molecule has 3 N–H and O–H groups in total. The molecule has 16 heavy (non-hydrogen) atoms. The van der Waals surface area contributed by atoms with Gasteiger partial charge in [-0.3, -0.25) is 0 Å². The molecule has 0 heterocycles. The van der Waals surface area contributed by atoms with Crippen LogP contribution in [0.25, 0.3) is 0 Å². The van der Waals surface area contributed by atoms with Crippen molar-refractivity contribution in [3.8, 4) is 0 Å². The molecular formula is C13H21NO2. The zero-order valence-electron chi connectivity index (χ0n) is 9.82. The van der Waals surface area contributed by atoms with Gasteiger partial charge >= 0.3 is 0 Å². The Hall–Kier alpha value is -1.06. The monoisotopic (exact) mass is 223 g/mol. The van der Waals surface area contributed by atoms with Gasteiger partial charge in [0, 0.05) is 12.2 Å². The van der Waals surface area contributed by atoms with Crippen LogP contribution in [0.3, 0.4) is 0 Å². The third-order valence-electron chi connectivity index (χ3n) is 2.53. The van der Waals surface area contributed by atoms with E-state index in [4.69, 9.17) is 5.11 Å². The Labute approximate surface area is 97.1 Å². The molecule has 0 fully saturated rings. The second-order valence-electron chi connectivity index (χ2n) is 4.02. The lowest BCUT2D eigenvalue weighted by Crippen LogP contribution is -2.22. The number of benzene rings is 1. The van der Waals surface area contributed by atoms with Gasteiger partial charge in [0.1, 0.15) is 0 Å².